The molecule has 0 aliphatic carbocycles. The average molecular weight is 440 g/mol. The lowest BCUT2D eigenvalue weighted by atomic mass is 9.92. The number of anilines is 1. The second-order valence-electron chi connectivity index (χ2n) is 8.91. The number of rotatable bonds is 3. The second-order valence-corrected chi connectivity index (χ2v) is 8.91. The van der Waals surface area contributed by atoms with Crippen molar-refractivity contribution in [2.45, 2.75) is 33.2 Å². The van der Waals surface area contributed by atoms with E-state index in [0.29, 0.717) is 6.54 Å². The number of nitrogens with zero attached hydrogens (tertiary/aromatic N) is 1. The molecule has 4 aromatic rings. The van der Waals surface area contributed by atoms with Gasteiger partial charge in [-0.15, -0.1) is 0 Å². The molecule has 0 unspecified atom stereocenters. The number of ether oxygens (including phenoxy) is 1. The van der Waals surface area contributed by atoms with Crippen LogP contribution in [0.25, 0.3) is 10.9 Å². The summed E-state index contributed by atoms with van der Waals surface area (Å²) in [6.07, 6.45) is 0.783. The molecule has 2 amide bonds. The molecule has 0 saturated heterocycles. The van der Waals surface area contributed by atoms with E-state index in [9.17, 15) is 4.79 Å². The van der Waals surface area contributed by atoms with Crippen LogP contribution in [-0.2, 0) is 6.42 Å². The molecule has 33 heavy (non-hydrogen) atoms. The van der Waals surface area contributed by atoms with E-state index < -0.39 is 0 Å². The van der Waals surface area contributed by atoms with Crippen LogP contribution in [0.1, 0.15) is 39.6 Å². The van der Waals surface area contributed by atoms with Crippen molar-refractivity contribution >= 4 is 22.6 Å². The summed E-state index contributed by atoms with van der Waals surface area (Å²) in [4.78, 5) is 19.1. The van der Waals surface area contributed by atoms with E-state index in [2.05, 4.69) is 67.5 Å². The third-order valence-electron chi connectivity index (χ3n) is 6.75. The van der Waals surface area contributed by atoms with Gasteiger partial charge in [0.25, 0.3) is 0 Å². The number of nitrogens with one attached hydrogen (secondary N) is 2. The topological polar surface area (TPSA) is 57.4 Å². The van der Waals surface area contributed by atoms with Crippen LogP contribution < -0.4 is 10.1 Å². The minimum atomic E-state index is -0.195. The highest BCUT2D eigenvalue weighted by Crippen LogP contribution is 2.39. The number of aromatic nitrogens is 1. The molecule has 5 heteroatoms. The van der Waals surface area contributed by atoms with Crippen molar-refractivity contribution in [3.8, 4) is 5.75 Å². The Labute approximate surface area is 194 Å². The van der Waals surface area contributed by atoms with E-state index in [1.807, 2.05) is 29.2 Å². The Balaban J connectivity index is 1.57. The van der Waals surface area contributed by atoms with Crippen molar-refractivity contribution in [2.75, 3.05) is 19.0 Å². The van der Waals surface area contributed by atoms with Crippen molar-refractivity contribution in [1.82, 2.24) is 9.88 Å². The van der Waals surface area contributed by atoms with Gasteiger partial charge in [-0.25, -0.2) is 4.79 Å². The van der Waals surface area contributed by atoms with Crippen LogP contribution in [0.4, 0.5) is 10.5 Å². The van der Waals surface area contributed by atoms with Crippen molar-refractivity contribution in [2.24, 2.45) is 0 Å². The van der Waals surface area contributed by atoms with Gasteiger partial charge in [-0.3, -0.25) is 0 Å². The maximum absolute atomic E-state index is 13.5. The van der Waals surface area contributed by atoms with Crippen molar-refractivity contribution in [3.05, 3.63) is 94.2 Å². The van der Waals surface area contributed by atoms with Gasteiger partial charge in [0, 0.05) is 28.8 Å². The number of hydrogen-bond donors (Lipinski definition) is 2. The fourth-order valence-electron chi connectivity index (χ4n) is 4.72. The van der Waals surface area contributed by atoms with Crippen LogP contribution in [0, 0.1) is 20.8 Å². The summed E-state index contributed by atoms with van der Waals surface area (Å²) in [6, 6.07) is 20.3. The minimum Gasteiger partial charge on any atom is -0.497 e. The molecule has 1 aliphatic rings. The van der Waals surface area contributed by atoms with E-state index in [0.717, 1.165) is 45.6 Å². The van der Waals surface area contributed by atoms with Crippen LogP contribution in [0.5, 0.6) is 5.75 Å². The largest absolute Gasteiger partial charge is 0.497 e. The van der Waals surface area contributed by atoms with Gasteiger partial charge >= 0.3 is 6.03 Å². The van der Waals surface area contributed by atoms with Gasteiger partial charge in [-0.05, 0) is 79.8 Å². The first-order valence-electron chi connectivity index (χ1n) is 11.3. The zero-order valence-corrected chi connectivity index (χ0v) is 19.5. The molecule has 0 spiro atoms. The lowest BCUT2D eigenvalue weighted by Gasteiger charge is -2.36. The SMILES string of the molecule is COc1ccc2[nH]c3c(c2c1)CCN(C(=O)Nc1ccc(C)c(C)c1)[C@@H]3c1ccc(C)cc1. The summed E-state index contributed by atoms with van der Waals surface area (Å²) >= 11 is 0. The maximum Gasteiger partial charge on any atom is 0.322 e. The highest BCUT2D eigenvalue weighted by molar-refractivity contribution is 5.92. The number of carbonyl (C=O) groups excluding carboxylic acids is 1. The number of carbonyl (C=O) groups is 1. The molecule has 168 valence electrons. The predicted molar refractivity (Wildman–Crippen MR) is 133 cm³/mol. The molecular formula is C28H29N3O2. The third kappa shape index (κ3) is 3.84. The van der Waals surface area contributed by atoms with Gasteiger partial charge in [0.2, 0.25) is 0 Å². The van der Waals surface area contributed by atoms with Crippen LogP contribution in [0.3, 0.4) is 0 Å². The molecule has 0 bridgehead atoms. The van der Waals surface area contributed by atoms with Gasteiger partial charge in [0.05, 0.1) is 13.2 Å². The zero-order chi connectivity index (χ0) is 23.1. The van der Waals surface area contributed by atoms with E-state index in [4.69, 9.17) is 4.74 Å². The zero-order valence-electron chi connectivity index (χ0n) is 19.5. The first-order valence-corrected chi connectivity index (χ1v) is 11.3. The fourth-order valence-corrected chi connectivity index (χ4v) is 4.72. The molecule has 0 fully saturated rings. The number of hydrogen-bond acceptors (Lipinski definition) is 2. The van der Waals surface area contributed by atoms with Crippen LogP contribution in [0.15, 0.2) is 60.7 Å². The number of fused-ring (bicyclic) bond motifs is 3. The van der Waals surface area contributed by atoms with Gasteiger partial charge in [-0.2, -0.15) is 0 Å². The first-order chi connectivity index (χ1) is 15.9. The van der Waals surface area contributed by atoms with Crippen LogP contribution in [0.2, 0.25) is 0 Å². The van der Waals surface area contributed by atoms with Gasteiger partial charge in [0.1, 0.15) is 5.75 Å². The molecule has 3 aromatic carbocycles. The summed E-state index contributed by atoms with van der Waals surface area (Å²) in [7, 11) is 1.69. The van der Waals surface area contributed by atoms with Gasteiger partial charge < -0.3 is 19.9 Å². The lowest BCUT2D eigenvalue weighted by molar-refractivity contribution is 0.193. The summed E-state index contributed by atoms with van der Waals surface area (Å²) in [5.41, 5.74) is 8.87. The van der Waals surface area contributed by atoms with Crippen LogP contribution in [-0.4, -0.2) is 29.6 Å². The van der Waals surface area contributed by atoms with E-state index in [1.54, 1.807) is 7.11 Å². The average Bonchev–Trinajstić information content (AvgIpc) is 3.19. The summed E-state index contributed by atoms with van der Waals surface area (Å²) in [6.45, 7) is 6.85. The van der Waals surface area contributed by atoms with E-state index >= 15 is 0 Å². The lowest BCUT2D eigenvalue weighted by Crippen LogP contribution is -2.43. The summed E-state index contributed by atoms with van der Waals surface area (Å²) in [5.74, 6) is 0.839. The number of urea groups is 1. The molecule has 0 radical (unpaired) electrons. The third-order valence-corrected chi connectivity index (χ3v) is 6.75. The fraction of sp³-hybridized carbons (Fsp3) is 0.250. The number of methoxy groups -OCH3 is 1. The number of amides is 2. The number of aromatic amines is 1. The first kappa shape index (κ1) is 21.1. The van der Waals surface area contributed by atoms with Crippen molar-refractivity contribution in [3.63, 3.8) is 0 Å². The van der Waals surface area contributed by atoms with Crippen molar-refractivity contribution < 1.29 is 9.53 Å². The highest BCUT2D eigenvalue weighted by Gasteiger charge is 2.34. The Bertz CT molecular complexity index is 1340. The summed E-state index contributed by atoms with van der Waals surface area (Å²) in [5, 5.41) is 4.29. The van der Waals surface area contributed by atoms with E-state index in [-0.39, 0.29) is 12.1 Å². The number of aryl methyl sites for hydroxylation is 3. The highest BCUT2D eigenvalue weighted by atomic mass is 16.5. The molecule has 5 rings (SSSR count). The molecule has 2 heterocycles. The molecule has 1 aliphatic heterocycles. The summed E-state index contributed by atoms with van der Waals surface area (Å²) < 4.78 is 5.46. The number of H-pyrrole nitrogens is 1. The Morgan fingerprint density at radius 3 is 2.52 bits per heavy atom. The van der Waals surface area contributed by atoms with Gasteiger partial charge in [-0.1, -0.05) is 35.9 Å². The molecule has 2 N–H and O–H groups in total. The van der Waals surface area contributed by atoms with E-state index in [1.165, 1.54) is 16.7 Å². The van der Waals surface area contributed by atoms with Crippen molar-refractivity contribution in [1.29, 1.82) is 0 Å². The monoisotopic (exact) mass is 439 g/mol. The molecule has 5 nitrogen and oxygen atoms in total. The molecular weight excluding hydrogens is 410 g/mol. The predicted octanol–water partition coefficient (Wildman–Crippen LogP) is 6.28. The van der Waals surface area contributed by atoms with Gasteiger partial charge in [0.15, 0.2) is 0 Å². The number of benzene rings is 3. The Morgan fingerprint density at radius 1 is 1.00 bits per heavy atom. The quantitative estimate of drug-likeness (QED) is 0.395. The Kier molecular flexibility index (Phi) is 5.33. The molecule has 0 saturated carbocycles. The second kappa shape index (κ2) is 8.32. The van der Waals surface area contributed by atoms with Crippen LogP contribution >= 0.6 is 0 Å². The Hall–Kier alpha value is -3.73. The molecule has 1 aromatic heterocycles. The normalized spacial score (nSPS) is 15.4. The smallest absolute Gasteiger partial charge is 0.322 e. The minimum absolute atomic E-state index is 0.0919. The maximum atomic E-state index is 13.5. The standard InChI is InChI=1S/C28H29N3O2/c1-17-5-8-20(9-6-17)27-26-23(24-16-22(33-4)11-12-25(24)30-26)13-14-31(27)28(32)29-21-10-7-18(2)19(3)15-21/h5-12,15-16,27,30H,13-14H2,1-4H3,(H,29,32)/t27-/m1/s1. The molecule has 1 atom stereocenters. The Morgan fingerprint density at radius 2 is 1.79 bits per heavy atom.